The predicted molar refractivity (Wildman–Crippen MR) is 34.6 cm³/mol. The third kappa shape index (κ3) is 1.24. The van der Waals surface area contributed by atoms with Gasteiger partial charge in [-0.25, -0.2) is 0 Å². The summed E-state index contributed by atoms with van der Waals surface area (Å²) in [4.78, 5) is 0. The highest BCUT2D eigenvalue weighted by atomic mass is 35.5. The summed E-state index contributed by atoms with van der Waals surface area (Å²) in [5.74, 6) is 2.50. The number of hydrogen-bond acceptors (Lipinski definition) is 0. The Hall–Kier alpha value is -0.490. The van der Waals surface area contributed by atoms with Crippen LogP contribution < -0.4 is 0 Å². The molecule has 1 rings (SSSR count). The van der Waals surface area contributed by atoms with Crippen molar-refractivity contribution >= 4 is 11.6 Å². The first kappa shape index (κ1) is 5.64. The van der Waals surface area contributed by atoms with Gasteiger partial charge < -0.3 is 0 Å². The second-order valence-electron chi connectivity index (χ2n) is 1.46. The lowest BCUT2D eigenvalue weighted by molar-refractivity contribution is 1.59. The van der Waals surface area contributed by atoms with Gasteiger partial charge in [0.1, 0.15) is 5.88 Å². The minimum atomic E-state index is 0.925. The van der Waals surface area contributed by atoms with Crippen LogP contribution in [0.25, 0.3) is 0 Å². The summed E-state index contributed by atoms with van der Waals surface area (Å²) in [6.45, 7) is 0. The van der Waals surface area contributed by atoms with Crippen molar-refractivity contribution in [3.8, 4) is 0 Å². The van der Waals surface area contributed by atoms with E-state index in [0.717, 1.165) is 5.56 Å². The minimum absolute atomic E-state index is 0.925. The topological polar surface area (TPSA) is 0 Å². The third-order valence-electron chi connectivity index (χ3n) is 0.883. The maximum Gasteiger partial charge on any atom is 0.120 e. The van der Waals surface area contributed by atoms with Crippen LogP contribution in [-0.4, -0.2) is 0 Å². The molecule has 0 amide bonds. The normalized spacial score (nSPS) is 9.12. The van der Waals surface area contributed by atoms with Crippen molar-refractivity contribution in [2.24, 2.45) is 0 Å². The van der Waals surface area contributed by atoms with Crippen LogP contribution in [-0.2, 0) is 0 Å². The van der Waals surface area contributed by atoms with Crippen molar-refractivity contribution in [2.45, 2.75) is 0 Å². The molecule has 0 bridgehead atoms. The van der Waals surface area contributed by atoms with Crippen LogP contribution >= 0.6 is 11.6 Å². The van der Waals surface area contributed by atoms with Crippen molar-refractivity contribution < 1.29 is 0 Å². The van der Waals surface area contributed by atoms with Gasteiger partial charge in [0.15, 0.2) is 0 Å². The van der Waals surface area contributed by atoms with E-state index in [4.69, 9.17) is 11.6 Å². The van der Waals surface area contributed by atoms with Crippen LogP contribution in [0.4, 0.5) is 0 Å². The number of rotatable bonds is 1. The second-order valence-corrected chi connectivity index (χ2v) is 1.65. The summed E-state index contributed by atoms with van der Waals surface area (Å²) in [6, 6.07) is 9.58. The molecular weight excluding hydrogens is 120 g/mol. The van der Waals surface area contributed by atoms with E-state index in [1.165, 1.54) is 0 Å². The third-order valence-corrected chi connectivity index (χ3v) is 1.10. The molecule has 0 aromatic heterocycles. The second kappa shape index (κ2) is 2.73. The molecule has 1 heteroatoms. The molecule has 0 atom stereocenters. The Labute approximate surface area is 54.1 Å². The molecule has 8 heavy (non-hydrogen) atoms. The van der Waals surface area contributed by atoms with E-state index in [-0.39, 0.29) is 0 Å². The summed E-state index contributed by atoms with van der Waals surface area (Å²) in [6.07, 6.45) is 0. The summed E-state index contributed by atoms with van der Waals surface area (Å²) >= 11 is 5.28. The number of hydrogen-bond donors (Lipinski definition) is 0. The minimum Gasteiger partial charge on any atom is -0.109 e. The van der Waals surface area contributed by atoms with Gasteiger partial charge in [0.25, 0.3) is 0 Å². The molecule has 0 unspecified atom stereocenters. The molecule has 0 aliphatic rings. The Balaban J connectivity index is 2.83. The Bertz CT molecular complexity index is 146. The molecule has 2 radical (unpaired) electrons. The van der Waals surface area contributed by atoms with E-state index in [9.17, 15) is 0 Å². The first-order valence-electron chi connectivity index (χ1n) is 2.35. The molecule has 0 aliphatic carbocycles. The van der Waals surface area contributed by atoms with Crippen molar-refractivity contribution in [3.63, 3.8) is 0 Å². The van der Waals surface area contributed by atoms with E-state index in [1.807, 2.05) is 30.3 Å². The van der Waals surface area contributed by atoms with E-state index in [1.54, 1.807) is 0 Å². The molecule has 0 heterocycles. The van der Waals surface area contributed by atoms with Crippen LogP contribution in [0.3, 0.4) is 0 Å². The van der Waals surface area contributed by atoms with Gasteiger partial charge in [-0.2, -0.15) is 0 Å². The van der Waals surface area contributed by atoms with Gasteiger partial charge >= 0.3 is 0 Å². The monoisotopic (exact) mass is 124 g/mol. The van der Waals surface area contributed by atoms with E-state index in [2.05, 4.69) is 5.88 Å². The zero-order valence-electron chi connectivity index (χ0n) is 4.26. The summed E-state index contributed by atoms with van der Waals surface area (Å²) in [5.41, 5.74) is 0.925. The molecule has 40 valence electrons. The zero-order chi connectivity index (χ0) is 5.82. The van der Waals surface area contributed by atoms with E-state index in [0.29, 0.717) is 0 Å². The average molecular weight is 125 g/mol. The van der Waals surface area contributed by atoms with Gasteiger partial charge in [-0.05, 0) is 5.56 Å². The molecule has 0 aliphatic heterocycles. The highest BCUT2D eigenvalue weighted by Gasteiger charge is 1.83. The Morgan fingerprint density at radius 1 is 1.12 bits per heavy atom. The summed E-state index contributed by atoms with van der Waals surface area (Å²) < 4.78 is 0. The predicted octanol–water partition coefficient (Wildman–Crippen LogP) is 2.31. The molecular formula is C7H5Cl. The van der Waals surface area contributed by atoms with Gasteiger partial charge in [-0.3, -0.25) is 0 Å². The fourth-order valence-electron chi connectivity index (χ4n) is 0.501. The lowest BCUT2D eigenvalue weighted by Gasteiger charge is -1.86. The quantitative estimate of drug-likeness (QED) is 0.539. The fourth-order valence-corrected chi connectivity index (χ4v) is 0.627. The zero-order valence-corrected chi connectivity index (χ0v) is 5.02. The Kier molecular flexibility index (Phi) is 1.93. The van der Waals surface area contributed by atoms with Crippen LogP contribution in [0.2, 0.25) is 0 Å². The molecule has 0 saturated heterocycles. The summed E-state index contributed by atoms with van der Waals surface area (Å²) in [7, 11) is 0. The van der Waals surface area contributed by atoms with Crippen molar-refractivity contribution in [2.75, 3.05) is 0 Å². The van der Waals surface area contributed by atoms with Gasteiger partial charge in [-0.15, -0.1) is 11.6 Å². The van der Waals surface area contributed by atoms with Gasteiger partial charge in [0, 0.05) is 0 Å². The first-order chi connectivity index (χ1) is 3.93. The molecule has 0 nitrogen and oxygen atoms in total. The molecule has 0 spiro atoms. The smallest absolute Gasteiger partial charge is 0.109 e. The maximum absolute atomic E-state index is 5.28. The average Bonchev–Trinajstić information content (AvgIpc) is 1.90. The fraction of sp³-hybridized carbons (Fsp3) is 0. The molecule has 1 aromatic rings. The van der Waals surface area contributed by atoms with Crippen LogP contribution in [0.15, 0.2) is 30.3 Å². The summed E-state index contributed by atoms with van der Waals surface area (Å²) in [5, 5.41) is 0. The number of halogens is 1. The standard InChI is InChI=1S/C7H5Cl/c8-6-7-4-2-1-3-5-7/h1-5H. The SMILES string of the molecule is Cl[C]c1ccccc1. The van der Waals surface area contributed by atoms with Crippen LogP contribution in [0, 0.1) is 5.88 Å². The van der Waals surface area contributed by atoms with Crippen LogP contribution in [0.1, 0.15) is 5.56 Å². The van der Waals surface area contributed by atoms with Crippen molar-refractivity contribution in [1.29, 1.82) is 0 Å². The van der Waals surface area contributed by atoms with E-state index >= 15 is 0 Å². The van der Waals surface area contributed by atoms with Crippen LogP contribution in [0.5, 0.6) is 0 Å². The molecule has 1 aromatic carbocycles. The Morgan fingerprint density at radius 2 is 1.75 bits per heavy atom. The molecule has 0 fully saturated rings. The molecule has 0 N–H and O–H groups in total. The first-order valence-corrected chi connectivity index (χ1v) is 2.73. The van der Waals surface area contributed by atoms with Crippen molar-refractivity contribution in [3.05, 3.63) is 41.8 Å². The van der Waals surface area contributed by atoms with Gasteiger partial charge in [0.2, 0.25) is 0 Å². The van der Waals surface area contributed by atoms with Gasteiger partial charge in [-0.1, -0.05) is 30.3 Å². The molecule has 0 saturated carbocycles. The highest BCUT2D eigenvalue weighted by molar-refractivity contribution is 6.25. The highest BCUT2D eigenvalue weighted by Crippen LogP contribution is 2.02. The van der Waals surface area contributed by atoms with Crippen molar-refractivity contribution in [1.82, 2.24) is 0 Å². The number of benzene rings is 1. The van der Waals surface area contributed by atoms with Gasteiger partial charge in [0.05, 0.1) is 0 Å². The maximum atomic E-state index is 5.28. The lowest BCUT2D eigenvalue weighted by Crippen LogP contribution is -1.68. The lowest BCUT2D eigenvalue weighted by atomic mass is 10.2. The van der Waals surface area contributed by atoms with E-state index < -0.39 is 0 Å². The largest absolute Gasteiger partial charge is 0.120 e. The Morgan fingerprint density at radius 3 is 2.12 bits per heavy atom.